The number of nitrogens with zero attached hydrogens (tertiary/aromatic N) is 3. The summed E-state index contributed by atoms with van der Waals surface area (Å²) in [5, 5.41) is 1.16. The number of anilines is 1. The SMILES string of the molecule is CC(N)c1cnc(N2CCCN3CCCC3C2)s1. The van der Waals surface area contributed by atoms with E-state index in [0.29, 0.717) is 0 Å². The topological polar surface area (TPSA) is 45.4 Å². The highest BCUT2D eigenvalue weighted by Gasteiger charge is 2.29. The van der Waals surface area contributed by atoms with Gasteiger partial charge in [-0.05, 0) is 32.7 Å². The van der Waals surface area contributed by atoms with Gasteiger partial charge in [0.15, 0.2) is 5.13 Å². The quantitative estimate of drug-likeness (QED) is 0.887. The monoisotopic (exact) mass is 266 g/mol. The fraction of sp³-hybridized carbons (Fsp3) is 0.769. The summed E-state index contributed by atoms with van der Waals surface area (Å²) in [6.07, 6.45) is 5.91. The van der Waals surface area contributed by atoms with Crippen molar-refractivity contribution in [1.82, 2.24) is 9.88 Å². The molecule has 0 aromatic carbocycles. The summed E-state index contributed by atoms with van der Waals surface area (Å²) in [4.78, 5) is 10.9. The van der Waals surface area contributed by atoms with Crippen LogP contribution in [0.25, 0.3) is 0 Å². The Morgan fingerprint density at radius 3 is 3.00 bits per heavy atom. The molecule has 18 heavy (non-hydrogen) atoms. The van der Waals surface area contributed by atoms with Crippen LogP contribution in [-0.4, -0.2) is 42.1 Å². The molecule has 2 unspecified atom stereocenters. The molecule has 4 nitrogen and oxygen atoms in total. The third-order valence-electron chi connectivity index (χ3n) is 4.03. The highest BCUT2D eigenvalue weighted by molar-refractivity contribution is 7.15. The molecule has 3 rings (SSSR count). The molecule has 2 N–H and O–H groups in total. The maximum atomic E-state index is 5.92. The second-order valence-corrected chi connectivity index (χ2v) is 6.51. The molecule has 0 bridgehead atoms. The first-order chi connectivity index (χ1) is 8.74. The number of hydrogen-bond donors (Lipinski definition) is 1. The van der Waals surface area contributed by atoms with Crippen molar-refractivity contribution in [2.75, 3.05) is 31.1 Å². The summed E-state index contributed by atoms with van der Waals surface area (Å²) in [7, 11) is 0. The lowest BCUT2D eigenvalue weighted by atomic mass is 10.2. The molecule has 100 valence electrons. The van der Waals surface area contributed by atoms with E-state index in [0.717, 1.165) is 24.3 Å². The van der Waals surface area contributed by atoms with E-state index in [1.165, 1.54) is 37.2 Å². The van der Waals surface area contributed by atoms with E-state index in [9.17, 15) is 0 Å². The Bertz CT molecular complexity index is 403. The molecule has 0 spiro atoms. The van der Waals surface area contributed by atoms with Gasteiger partial charge in [0.1, 0.15) is 0 Å². The Labute approximate surface area is 113 Å². The first-order valence-electron chi connectivity index (χ1n) is 6.94. The lowest BCUT2D eigenvalue weighted by Crippen LogP contribution is -2.36. The van der Waals surface area contributed by atoms with E-state index in [1.807, 2.05) is 13.1 Å². The van der Waals surface area contributed by atoms with Gasteiger partial charge in [0, 0.05) is 42.8 Å². The van der Waals surface area contributed by atoms with Gasteiger partial charge in [-0.1, -0.05) is 0 Å². The molecule has 1 aromatic rings. The molecule has 3 heterocycles. The zero-order valence-corrected chi connectivity index (χ0v) is 11.8. The maximum Gasteiger partial charge on any atom is 0.185 e. The van der Waals surface area contributed by atoms with Gasteiger partial charge in [0.2, 0.25) is 0 Å². The number of hydrogen-bond acceptors (Lipinski definition) is 5. The fourth-order valence-electron chi connectivity index (χ4n) is 3.01. The molecule has 2 fully saturated rings. The molecule has 2 saturated heterocycles. The Morgan fingerprint density at radius 1 is 1.39 bits per heavy atom. The van der Waals surface area contributed by atoms with Crippen LogP contribution in [-0.2, 0) is 0 Å². The van der Waals surface area contributed by atoms with E-state index in [4.69, 9.17) is 5.73 Å². The molecule has 2 atom stereocenters. The van der Waals surface area contributed by atoms with Gasteiger partial charge in [0.05, 0.1) is 0 Å². The number of nitrogens with two attached hydrogens (primary N) is 1. The highest BCUT2D eigenvalue weighted by Crippen LogP contribution is 2.29. The van der Waals surface area contributed by atoms with E-state index < -0.39 is 0 Å². The molecule has 0 saturated carbocycles. The molecule has 0 radical (unpaired) electrons. The van der Waals surface area contributed by atoms with E-state index in [2.05, 4.69) is 14.8 Å². The molecule has 0 aliphatic carbocycles. The van der Waals surface area contributed by atoms with Crippen LogP contribution >= 0.6 is 11.3 Å². The summed E-state index contributed by atoms with van der Waals surface area (Å²) >= 11 is 1.76. The lowest BCUT2D eigenvalue weighted by Gasteiger charge is -2.25. The average molecular weight is 266 g/mol. The van der Waals surface area contributed by atoms with Gasteiger partial charge in [-0.2, -0.15) is 0 Å². The minimum Gasteiger partial charge on any atom is -0.346 e. The van der Waals surface area contributed by atoms with Crippen molar-refractivity contribution in [2.24, 2.45) is 5.73 Å². The molecule has 5 heteroatoms. The minimum absolute atomic E-state index is 0.103. The van der Waals surface area contributed by atoms with Crippen LogP contribution in [0.4, 0.5) is 5.13 Å². The van der Waals surface area contributed by atoms with Crippen LogP contribution in [0.2, 0.25) is 0 Å². The second kappa shape index (κ2) is 5.15. The van der Waals surface area contributed by atoms with Gasteiger partial charge in [-0.25, -0.2) is 4.98 Å². The molecule has 0 amide bonds. The number of fused-ring (bicyclic) bond motifs is 1. The fourth-order valence-corrected chi connectivity index (χ4v) is 3.92. The highest BCUT2D eigenvalue weighted by atomic mass is 32.1. The van der Waals surface area contributed by atoms with Gasteiger partial charge >= 0.3 is 0 Å². The summed E-state index contributed by atoms with van der Waals surface area (Å²) < 4.78 is 0. The van der Waals surface area contributed by atoms with Crippen molar-refractivity contribution >= 4 is 16.5 Å². The van der Waals surface area contributed by atoms with Crippen LogP contribution in [0.5, 0.6) is 0 Å². The maximum absolute atomic E-state index is 5.92. The third-order valence-corrected chi connectivity index (χ3v) is 5.29. The predicted molar refractivity (Wildman–Crippen MR) is 76.1 cm³/mol. The minimum atomic E-state index is 0.103. The molecule has 2 aliphatic rings. The Hall–Kier alpha value is -0.650. The lowest BCUT2D eigenvalue weighted by molar-refractivity contribution is 0.273. The first-order valence-corrected chi connectivity index (χ1v) is 7.76. The average Bonchev–Trinajstić information content (AvgIpc) is 2.95. The van der Waals surface area contributed by atoms with Crippen molar-refractivity contribution < 1.29 is 0 Å². The van der Waals surface area contributed by atoms with Crippen molar-refractivity contribution in [3.63, 3.8) is 0 Å². The van der Waals surface area contributed by atoms with Crippen molar-refractivity contribution in [3.8, 4) is 0 Å². The molecular weight excluding hydrogens is 244 g/mol. The molecular formula is C13H22N4S. The van der Waals surface area contributed by atoms with Gasteiger partial charge in [-0.15, -0.1) is 11.3 Å². The van der Waals surface area contributed by atoms with Gasteiger partial charge in [0.25, 0.3) is 0 Å². The standard InChI is InChI=1S/C13H22N4S/c1-10(14)12-8-15-13(18-12)17-7-3-6-16-5-2-4-11(16)9-17/h8,10-11H,2-7,9,14H2,1H3. The Balaban J connectivity index is 1.74. The smallest absolute Gasteiger partial charge is 0.185 e. The first kappa shape index (κ1) is 12.4. The summed E-state index contributed by atoms with van der Waals surface area (Å²) in [5.74, 6) is 0. The van der Waals surface area contributed by atoms with E-state index in [1.54, 1.807) is 11.3 Å². The van der Waals surface area contributed by atoms with Crippen LogP contribution in [0.3, 0.4) is 0 Å². The van der Waals surface area contributed by atoms with Crippen LogP contribution in [0.15, 0.2) is 6.20 Å². The number of rotatable bonds is 2. The molecule has 1 aromatic heterocycles. The van der Waals surface area contributed by atoms with Crippen LogP contribution in [0.1, 0.15) is 37.1 Å². The van der Waals surface area contributed by atoms with Crippen LogP contribution < -0.4 is 10.6 Å². The largest absolute Gasteiger partial charge is 0.346 e. The second-order valence-electron chi connectivity index (χ2n) is 5.47. The van der Waals surface area contributed by atoms with Crippen molar-refractivity contribution in [3.05, 3.63) is 11.1 Å². The third kappa shape index (κ3) is 2.39. The number of aromatic nitrogens is 1. The normalized spacial score (nSPS) is 27.0. The predicted octanol–water partition coefficient (Wildman–Crippen LogP) is 1.84. The van der Waals surface area contributed by atoms with E-state index >= 15 is 0 Å². The number of thiazole rings is 1. The zero-order chi connectivity index (χ0) is 12.5. The summed E-state index contributed by atoms with van der Waals surface area (Å²) in [6.45, 7) is 6.86. The Morgan fingerprint density at radius 2 is 2.22 bits per heavy atom. The Kier molecular flexibility index (Phi) is 3.54. The summed E-state index contributed by atoms with van der Waals surface area (Å²) in [5.41, 5.74) is 5.92. The zero-order valence-electron chi connectivity index (χ0n) is 11.0. The van der Waals surface area contributed by atoms with Gasteiger partial charge < -0.3 is 10.6 Å². The van der Waals surface area contributed by atoms with Crippen molar-refractivity contribution in [1.29, 1.82) is 0 Å². The van der Waals surface area contributed by atoms with Crippen LogP contribution in [0, 0.1) is 0 Å². The summed E-state index contributed by atoms with van der Waals surface area (Å²) in [6, 6.07) is 0.848. The molecule has 2 aliphatic heterocycles. The van der Waals surface area contributed by atoms with E-state index in [-0.39, 0.29) is 6.04 Å². The van der Waals surface area contributed by atoms with Crippen molar-refractivity contribution in [2.45, 2.75) is 38.3 Å². The van der Waals surface area contributed by atoms with Gasteiger partial charge in [-0.3, -0.25) is 4.90 Å².